The first-order chi connectivity index (χ1) is 19.9. The van der Waals surface area contributed by atoms with Crippen molar-refractivity contribution in [2.45, 2.75) is 36.7 Å². The Labute approximate surface area is 244 Å². The van der Waals surface area contributed by atoms with Crippen LogP contribution in [0.4, 0.5) is 11.4 Å². The molecule has 0 spiro atoms. The average Bonchev–Trinajstić information content (AvgIpc) is 3.44. The van der Waals surface area contributed by atoms with Gasteiger partial charge in [-0.1, -0.05) is 6.07 Å². The third-order valence-electron chi connectivity index (χ3n) is 6.95. The number of hydrogen-bond acceptors (Lipinski definition) is 9. The molecule has 42 heavy (non-hydrogen) atoms. The van der Waals surface area contributed by atoms with Gasteiger partial charge in [-0.15, -0.1) is 0 Å². The molecule has 13 heteroatoms. The number of likely N-dealkylation sites (tertiary alicyclic amines) is 1. The van der Waals surface area contributed by atoms with Gasteiger partial charge >= 0.3 is 0 Å². The molecular weight excluding hydrogens is 562 g/mol. The lowest BCUT2D eigenvalue weighted by atomic mass is 10.0. The van der Waals surface area contributed by atoms with Crippen molar-refractivity contribution in [2.75, 3.05) is 37.7 Å². The Morgan fingerprint density at radius 1 is 1.02 bits per heavy atom. The highest BCUT2D eigenvalue weighted by molar-refractivity contribution is 7.90. The highest BCUT2D eigenvalue weighted by Crippen LogP contribution is 2.40. The van der Waals surface area contributed by atoms with Crippen LogP contribution in [0.3, 0.4) is 0 Å². The second-order valence-electron chi connectivity index (χ2n) is 9.91. The number of rotatable bonds is 10. The van der Waals surface area contributed by atoms with Crippen LogP contribution in [0, 0.1) is 0 Å². The van der Waals surface area contributed by atoms with Crippen molar-refractivity contribution in [3.8, 4) is 11.5 Å². The van der Waals surface area contributed by atoms with Gasteiger partial charge in [0.1, 0.15) is 6.04 Å². The molecule has 3 aromatic rings. The van der Waals surface area contributed by atoms with Crippen molar-refractivity contribution in [1.82, 2.24) is 9.88 Å². The van der Waals surface area contributed by atoms with Gasteiger partial charge in [0, 0.05) is 31.6 Å². The molecule has 0 aliphatic carbocycles. The molecule has 1 saturated heterocycles. The summed E-state index contributed by atoms with van der Waals surface area (Å²) in [5.74, 6) is -0.460. The van der Waals surface area contributed by atoms with Gasteiger partial charge in [-0.3, -0.25) is 19.4 Å². The number of ether oxygens (including phenoxy) is 2. The average molecular weight is 596 g/mol. The predicted octanol–water partition coefficient (Wildman–Crippen LogP) is 3.08. The Hall–Kier alpha value is -4.65. The summed E-state index contributed by atoms with van der Waals surface area (Å²) in [5, 5.41) is 5.87. The topological polar surface area (TPSA) is 170 Å². The third-order valence-corrected chi connectivity index (χ3v) is 8.12. The zero-order valence-corrected chi connectivity index (χ0v) is 24.5. The molecule has 2 aromatic carbocycles. The summed E-state index contributed by atoms with van der Waals surface area (Å²) in [6.45, 7) is 1.72. The highest BCUT2D eigenvalue weighted by Gasteiger charge is 2.37. The van der Waals surface area contributed by atoms with E-state index in [1.807, 2.05) is 0 Å². The number of methoxy groups -OCH3 is 2. The van der Waals surface area contributed by atoms with Crippen molar-refractivity contribution in [3.63, 3.8) is 0 Å². The molecule has 12 nitrogen and oxygen atoms in total. The van der Waals surface area contributed by atoms with Crippen molar-refractivity contribution in [1.29, 1.82) is 0 Å². The van der Waals surface area contributed by atoms with Gasteiger partial charge in [0.25, 0.3) is 0 Å². The van der Waals surface area contributed by atoms with Crippen LogP contribution < -0.4 is 25.8 Å². The maximum Gasteiger partial charge on any atom is 0.250 e. The summed E-state index contributed by atoms with van der Waals surface area (Å²) >= 11 is 0. The van der Waals surface area contributed by atoms with E-state index in [0.717, 1.165) is 6.26 Å². The van der Waals surface area contributed by atoms with E-state index in [2.05, 4.69) is 15.6 Å². The summed E-state index contributed by atoms with van der Waals surface area (Å²) in [6.07, 6.45) is 5.04. The summed E-state index contributed by atoms with van der Waals surface area (Å²) in [7, 11) is -0.678. The number of carbonyl (C=O) groups excluding carboxylic acids is 3. The number of aromatic nitrogens is 1. The molecule has 2 atom stereocenters. The van der Waals surface area contributed by atoms with E-state index in [1.54, 1.807) is 29.2 Å². The molecule has 0 radical (unpaired) electrons. The van der Waals surface area contributed by atoms with Gasteiger partial charge in [-0.2, -0.15) is 0 Å². The number of nitrogens with one attached hydrogen (secondary N) is 2. The van der Waals surface area contributed by atoms with Crippen LogP contribution in [-0.4, -0.2) is 63.0 Å². The fraction of sp³-hybridized carbons (Fsp3) is 0.310. The van der Waals surface area contributed by atoms with Gasteiger partial charge in [0.2, 0.25) is 17.7 Å². The zero-order chi connectivity index (χ0) is 30.6. The lowest BCUT2D eigenvalue weighted by Gasteiger charge is -2.31. The van der Waals surface area contributed by atoms with Crippen LogP contribution in [0.2, 0.25) is 0 Å². The Morgan fingerprint density at radius 3 is 2.40 bits per heavy atom. The van der Waals surface area contributed by atoms with E-state index in [-0.39, 0.29) is 22.3 Å². The van der Waals surface area contributed by atoms with Gasteiger partial charge in [0.05, 0.1) is 42.6 Å². The molecule has 3 amide bonds. The van der Waals surface area contributed by atoms with Gasteiger partial charge in [-0.05, 0) is 60.4 Å². The first kappa shape index (κ1) is 30.3. The molecule has 4 N–H and O–H groups in total. The smallest absolute Gasteiger partial charge is 0.250 e. The zero-order valence-electron chi connectivity index (χ0n) is 23.7. The molecule has 2 heterocycles. The number of hydrogen-bond donors (Lipinski definition) is 3. The lowest BCUT2D eigenvalue weighted by molar-refractivity contribution is -0.133. The van der Waals surface area contributed by atoms with Crippen molar-refractivity contribution < 1.29 is 32.3 Å². The minimum Gasteiger partial charge on any atom is -0.493 e. The number of nitrogens with two attached hydrogens (primary N) is 1. The minimum absolute atomic E-state index is 0.0790. The number of sulfone groups is 1. The van der Waals surface area contributed by atoms with Gasteiger partial charge < -0.3 is 30.7 Å². The van der Waals surface area contributed by atoms with E-state index >= 15 is 0 Å². The number of carbonyl (C=O) groups is 3. The van der Waals surface area contributed by atoms with Crippen molar-refractivity contribution in [3.05, 3.63) is 71.5 Å². The molecule has 4 rings (SSSR count). The highest BCUT2D eigenvalue weighted by atomic mass is 32.2. The molecule has 0 bridgehead atoms. The minimum atomic E-state index is -3.66. The Balaban J connectivity index is 1.80. The number of amides is 3. The molecule has 1 aromatic heterocycles. The van der Waals surface area contributed by atoms with Crippen LogP contribution in [0.25, 0.3) is 0 Å². The Bertz CT molecular complexity index is 1630. The number of anilines is 2. The number of nitrogens with zero attached hydrogens (tertiary/aromatic N) is 2. The normalized spacial score (nSPS) is 15.5. The SMILES string of the molecule is COc1ccc([C@@H](Nc2cncc(C(N)=O)c2)C(=O)N2CCC[C@@H]2c2cc(NC(C)=O)ccc2S(C)(=O)=O)cc1OC. The Morgan fingerprint density at radius 2 is 1.76 bits per heavy atom. The van der Waals surface area contributed by atoms with E-state index in [0.29, 0.717) is 53.4 Å². The van der Waals surface area contributed by atoms with Crippen LogP contribution in [0.1, 0.15) is 53.3 Å². The maximum absolute atomic E-state index is 14.4. The van der Waals surface area contributed by atoms with Crippen LogP contribution in [0.5, 0.6) is 11.5 Å². The lowest BCUT2D eigenvalue weighted by Crippen LogP contribution is -2.38. The monoisotopic (exact) mass is 595 g/mol. The van der Waals surface area contributed by atoms with Gasteiger partial charge in [-0.25, -0.2) is 8.42 Å². The van der Waals surface area contributed by atoms with E-state index in [1.165, 1.54) is 51.7 Å². The van der Waals surface area contributed by atoms with E-state index < -0.39 is 27.8 Å². The molecule has 0 unspecified atom stereocenters. The van der Waals surface area contributed by atoms with Crippen molar-refractivity contribution >= 4 is 38.9 Å². The largest absolute Gasteiger partial charge is 0.493 e. The standard InChI is InChI=1S/C29H33N5O7S/c1-17(35)32-20-8-10-26(42(4,38)39)22(14-20)23-6-5-11-34(23)29(37)27(18-7-9-24(40-2)25(13-18)41-3)33-21-12-19(28(30)36)15-31-16-21/h7-10,12-16,23,27,33H,5-6,11H2,1-4H3,(H2,30,36)(H,32,35)/t23-,27-/m1/s1. The fourth-order valence-electron chi connectivity index (χ4n) is 5.09. The first-order valence-electron chi connectivity index (χ1n) is 13.1. The first-order valence-corrected chi connectivity index (χ1v) is 15.0. The van der Waals surface area contributed by atoms with Crippen molar-refractivity contribution in [2.24, 2.45) is 5.73 Å². The van der Waals surface area contributed by atoms with Gasteiger partial charge in [0.15, 0.2) is 21.3 Å². The second kappa shape index (κ2) is 12.5. The number of primary amides is 1. The number of pyridine rings is 1. The molecule has 1 aliphatic heterocycles. The maximum atomic E-state index is 14.4. The molecule has 222 valence electrons. The molecule has 0 saturated carbocycles. The summed E-state index contributed by atoms with van der Waals surface area (Å²) in [6, 6.07) is 9.55. The molecular formula is C29H33N5O7S. The predicted molar refractivity (Wildman–Crippen MR) is 156 cm³/mol. The summed E-state index contributed by atoms with van der Waals surface area (Å²) in [4.78, 5) is 43.7. The molecule has 1 aliphatic rings. The van der Waals surface area contributed by atoms with Crippen LogP contribution >= 0.6 is 0 Å². The molecule has 1 fully saturated rings. The second-order valence-corrected chi connectivity index (χ2v) is 11.9. The van der Waals surface area contributed by atoms with Crippen LogP contribution in [-0.2, 0) is 19.4 Å². The quantitative estimate of drug-likeness (QED) is 0.319. The Kier molecular flexibility index (Phi) is 9.00. The summed E-state index contributed by atoms with van der Waals surface area (Å²) in [5.41, 5.74) is 7.34. The van der Waals surface area contributed by atoms with Crippen LogP contribution in [0.15, 0.2) is 59.8 Å². The van der Waals surface area contributed by atoms with E-state index in [9.17, 15) is 22.8 Å². The third kappa shape index (κ3) is 6.62. The fourth-order valence-corrected chi connectivity index (χ4v) is 6.03. The van der Waals surface area contributed by atoms with E-state index in [4.69, 9.17) is 15.2 Å². The summed E-state index contributed by atoms with van der Waals surface area (Å²) < 4.78 is 36.4. The number of benzene rings is 2.